The molecule has 0 saturated heterocycles. The van der Waals surface area contributed by atoms with Crippen LogP contribution in [0.4, 0.5) is 5.82 Å². The molecule has 0 bridgehead atoms. The maximum Gasteiger partial charge on any atom is 0.149 e. The lowest BCUT2D eigenvalue weighted by molar-refractivity contribution is 0.591. The van der Waals surface area contributed by atoms with Gasteiger partial charge < -0.3 is 5.73 Å². The molecule has 3 N–H and O–H groups in total. The molecular formula is C16H23N3. The Morgan fingerprint density at radius 3 is 2.37 bits per heavy atom. The normalized spacial score (nSPS) is 12.1. The average molecular weight is 257 g/mol. The highest BCUT2D eigenvalue weighted by Gasteiger charge is 2.22. The van der Waals surface area contributed by atoms with Crippen LogP contribution in [-0.4, -0.2) is 10.2 Å². The molecule has 3 nitrogen and oxygen atoms in total. The standard InChI is InChI=1S/C16H23N3/c1-10(2)13-14(18-19-15(13)17)11-8-6-7-9-12(11)16(3,4)5/h6-10H,1-5H3,(H3,17,18,19). The van der Waals surface area contributed by atoms with Crippen molar-refractivity contribution < 1.29 is 0 Å². The van der Waals surface area contributed by atoms with Crippen molar-refractivity contribution >= 4 is 5.82 Å². The van der Waals surface area contributed by atoms with Gasteiger partial charge in [-0.15, -0.1) is 0 Å². The van der Waals surface area contributed by atoms with E-state index in [1.807, 2.05) is 0 Å². The Kier molecular flexibility index (Phi) is 3.40. The van der Waals surface area contributed by atoms with Crippen molar-refractivity contribution in [3.05, 3.63) is 35.4 Å². The zero-order valence-corrected chi connectivity index (χ0v) is 12.4. The third kappa shape index (κ3) is 2.50. The van der Waals surface area contributed by atoms with E-state index in [-0.39, 0.29) is 5.41 Å². The smallest absolute Gasteiger partial charge is 0.149 e. The van der Waals surface area contributed by atoms with Crippen LogP contribution < -0.4 is 5.73 Å². The molecule has 0 aliphatic rings. The molecule has 0 aliphatic carbocycles. The fourth-order valence-corrected chi connectivity index (χ4v) is 2.51. The van der Waals surface area contributed by atoms with Gasteiger partial charge in [0.2, 0.25) is 0 Å². The van der Waals surface area contributed by atoms with Crippen molar-refractivity contribution in [1.29, 1.82) is 0 Å². The minimum Gasteiger partial charge on any atom is -0.382 e. The predicted octanol–water partition coefficient (Wildman–Crippen LogP) is 4.08. The number of hydrogen-bond donors (Lipinski definition) is 2. The molecule has 3 heteroatoms. The SMILES string of the molecule is CC(C)c1c(N)n[nH]c1-c1ccccc1C(C)(C)C. The first-order valence-corrected chi connectivity index (χ1v) is 6.76. The van der Waals surface area contributed by atoms with Crippen molar-refractivity contribution in [2.75, 3.05) is 5.73 Å². The number of benzene rings is 1. The van der Waals surface area contributed by atoms with Crippen molar-refractivity contribution in [1.82, 2.24) is 10.2 Å². The minimum atomic E-state index is 0.0880. The van der Waals surface area contributed by atoms with E-state index in [0.29, 0.717) is 11.7 Å². The number of nitrogens with zero attached hydrogens (tertiary/aromatic N) is 1. The molecule has 0 unspecified atom stereocenters. The Balaban J connectivity index is 2.67. The summed E-state index contributed by atoms with van der Waals surface area (Å²) < 4.78 is 0. The summed E-state index contributed by atoms with van der Waals surface area (Å²) in [5.74, 6) is 0.954. The second-order valence-electron chi connectivity index (χ2n) is 6.35. The average Bonchev–Trinajstić information content (AvgIpc) is 2.70. The number of aromatic amines is 1. The molecule has 1 heterocycles. The molecule has 0 aliphatic heterocycles. The van der Waals surface area contributed by atoms with Crippen LogP contribution >= 0.6 is 0 Å². The molecule has 2 aromatic rings. The van der Waals surface area contributed by atoms with Crippen molar-refractivity contribution in [2.45, 2.75) is 46.0 Å². The highest BCUT2D eigenvalue weighted by molar-refractivity contribution is 5.72. The maximum atomic E-state index is 6.00. The van der Waals surface area contributed by atoms with Crippen molar-refractivity contribution in [3.8, 4) is 11.3 Å². The van der Waals surface area contributed by atoms with Gasteiger partial charge in [0.1, 0.15) is 5.82 Å². The first kappa shape index (κ1) is 13.7. The van der Waals surface area contributed by atoms with Crippen LogP contribution in [0, 0.1) is 0 Å². The Hall–Kier alpha value is -1.77. The quantitative estimate of drug-likeness (QED) is 0.851. The van der Waals surface area contributed by atoms with Crippen LogP contribution in [0.2, 0.25) is 0 Å². The summed E-state index contributed by atoms with van der Waals surface area (Å²) in [4.78, 5) is 0. The van der Waals surface area contributed by atoms with Gasteiger partial charge in [0.15, 0.2) is 0 Å². The number of nitrogens with two attached hydrogens (primary N) is 1. The highest BCUT2D eigenvalue weighted by Crippen LogP contribution is 2.37. The number of nitrogen functional groups attached to an aromatic ring is 1. The molecule has 0 spiro atoms. The second kappa shape index (κ2) is 4.72. The summed E-state index contributed by atoms with van der Waals surface area (Å²) in [6.07, 6.45) is 0. The van der Waals surface area contributed by atoms with E-state index in [2.05, 4.69) is 69.1 Å². The first-order chi connectivity index (χ1) is 8.82. The van der Waals surface area contributed by atoms with Crippen molar-refractivity contribution in [2.24, 2.45) is 0 Å². The summed E-state index contributed by atoms with van der Waals surface area (Å²) in [6, 6.07) is 8.46. The van der Waals surface area contributed by atoms with Crippen LogP contribution in [0.5, 0.6) is 0 Å². The molecule has 2 rings (SSSR count). The number of aromatic nitrogens is 2. The van der Waals surface area contributed by atoms with E-state index in [1.165, 1.54) is 11.1 Å². The van der Waals surface area contributed by atoms with Crippen LogP contribution in [0.25, 0.3) is 11.3 Å². The number of hydrogen-bond acceptors (Lipinski definition) is 2. The van der Waals surface area contributed by atoms with Crippen LogP contribution in [-0.2, 0) is 5.41 Å². The zero-order chi connectivity index (χ0) is 14.2. The van der Waals surface area contributed by atoms with E-state index in [4.69, 9.17) is 5.73 Å². The molecule has 1 aromatic carbocycles. The summed E-state index contributed by atoms with van der Waals surface area (Å²) in [5.41, 5.74) is 10.7. The van der Waals surface area contributed by atoms with Gasteiger partial charge in [-0.3, -0.25) is 5.10 Å². The zero-order valence-electron chi connectivity index (χ0n) is 12.4. The Morgan fingerprint density at radius 1 is 1.16 bits per heavy atom. The molecule has 19 heavy (non-hydrogen) atoms. The van der Waals surface area contributed by atoms with E-state index in [1.54, 1.807) is 0 Å². The van der Waals surface area contributed by atoms with E-state index in [0.717, 1.165) is 11.3 Å². The topological polar surface area (TPSA) is 54.7 Å². The number of rotatable bonds is 2. The molecule has 102 valence electrons. The van der Waals surface area contributed by atoms with E-state index >= 15 is 0 Å². The van der Waals surface area contributed by atoms with E-state index in [9.17, 15) is 0 Å². The van der Waals surface area contributed by atoms with Gasteiger partial charge in [-0.05, 0) is 16.9 Å². The van der Waals surface area contributed by atoms with Gasteiger partial charge in [0.25, 0.3) is 0 Å². The summed E-state index contributed by atoms with van der Waals surface area (Å²) in [5, 5.41) is 7.30. The largest absolute Gasteiger partial charge is 0.382 e. The predicted molar refractivity (Wildman–Crippen MR) is 81.2 cm³/mol. The number of anilines is 1. The third-order valence-electron chi connectivity index (χ3n) is 3.42. The van der Waals surface area contributed by atoms with Gasteiger partial charge in [-0.25, -0.2) is 0 Å². The Labute approximate surface area is 115 Å². The molecule has 0 atom stereocenters. The molecule has 0 saturated carbocycles. The molecule has 0 radical (unpaired) electrons. The number of H-pyrrole nitrogens is 1. The van der Waals surface area contributed by atoms with Gasteiger partial charge in [-0.2, -0.15) is 5.10 Å². The molecule has 0 amide bonds. The van der Waals surface area contributed by atoms with Crippen LogP contribution in [0.1, 0.15) is 51.7 Å². The van der Waals surface area contributed by atoms with Gasteiger partial charge in [-0.1, -0.05) is 58.9 Å². The van der Waals surface area contributed by atoms with Crippen molar-refractivity contribution in [3.63, 3.8) is 0 Å². The number of nitrogens with one attached hydrogen (secondary N) is 1. The Morgan fingerprint density at radius 2 is 1.79 bits per heavy atom. The minimum absolute atomic E-state index is 0.0880. The molecule has 0 fully saturated rings. The monoisotopic (exact) mass is 257 g/mol. The fourth-order valence-electron chi connectivity index (χ4n) is 2.51. The maximum absolute atomic E-state index is 6.00. The second-order valence-corrected chi connectivity index (χ2v) is 6.35. The highest BCUT2D eigenvalue weighted by atomic mass is 15.2. The molecular weight excluding hydrogens is 234 g/mol. The summed E-state index contributed by atoms with van der Waals surface area (Å²) in [6.45, 7) is 11.0. The van der Waals surface area contributed by atoms with Gasteiger partial charge in [0, 0.05) is 11.1 Å². The Bertz CT molecular complexity index is 574. The third-order valence-corrected chi connectivity index (χ3v) is 3.42. The lowest BCUT2D eigenvalue weighted by Gasteiger charge is -2.23. The fraction of sp³-hybridized carbons (Fsp3) is 0.438. The van der Waals surface area contributed by atoms with E-state index < -0.39 is 0 Å². The van der Waals surface area contributed by atoms with Gasteiger partial charge in [0.05, 0.1) is 5.69 Å². The summed E-state index contributed by atoms with van der Waals surface area (Å²) in [7, 11) is 0. The molecule has 1 aromatic heterocycles. The lowest BCUT2D eigenvalue weighted by atomic mass is 9.82. The summed E-state index contributed by atoms with van der Waals surface area (Å²) >= 11 is 0. The first-order valence-electron chi connectivity index (χ1n) is 6.76. The van der Waals surface area contributed by atoms with Crippen LogP contribution in [0.15, 0.2) is 24.3 Å². The lowest BCUT2D eigenvalue weighted by Crippen LogP contribution is -2.13. The van der Waals surface area contributed by atoms with Crippen LogP contribution in [0.3, 0.4) is 0 Å². The van der Waals surface area contributed by atoms with Gasteiger partial charge >= 0.3 is 0 Å².